The third-order valence-electron chi connectivity index (χ3n) is 11.6. The molecule has 3 fully saturated rings. The number of carbonyl (C=O) groups excluding carboxylic acids is 6. The molecule has 0 aliphatic carbocycles. The van der Waals surface area contributed by atoms with Crippen molar-refractivity contribution in [2.45, 2.75) is 50.6 Å². The number of hydrogen-bond donors (Lipinski definition) is 5. The van der Waals surface area contributed by atoms with E-state index in [1.807, 2.05) is 11.0 Å². The summed E-state index contributed by atoms with van der Waals surface area (Å²) in [7, 11) is 0. The van der Waals surface area contributed by atoms with E-state index in [-0.39, 0.29) is 72.4 Å². The molecule has 0 saturated carbocycles. The minimum absolute atomic E-state index is 0.0245. The van der Waals surface area contributed by atoms with Crippen molar-refractivity contribution in [3.63, 3.8) is 0 Å². The number of aliphatic imine (C=N–C) groups is 1. The summed E-state index contributed by atoms with van der Waals surface area (Å²) in [6, 6.07) is 17.2. The molecule has 6 amide bonds. The number of halogens is 2. The summed E-state index contributed by atoms with van der Waals surface area (Å²) >= 11 is 0. The van der Waals surface area contributed by atoms with Crippen molar-refractivity contribution < 1.29 is 42.3 Å². The molecule has 1 unspecified atom stereocenters. The second-order valence-corrected chi connectivity index (χ2v) is 15.9. The van der Waals surface area contributed by atoms with Crippen molar-refractivity contribution in [1.29, 1.82) is 0 Å². The Morgan fingerprint density at radius 1 is 0.841 bits per heavy atom. The smallest absolute Gasteiger partial charge is 0.281 e. The fraction of sp³-hybridized carbons (Fsp3) is 0.311. The molecule has 1 atom stereocenters. The summed E-state index contributed by atoms with van der Waals surface area (Å²) < 4.78 is 33.2. The predicted molar refractivity (Wildman–Crippen MR) is 229 cm³/mol. The van der Waals surface area contributed by atoms with Gasteiger partial charge in [0.05, 0.1) is 23.4 Å². The maximum Gasteiger partial charge on any atom is 0.281 e. The van der Waals surface area contributed by atoms with Crippen molar-refractivity contribution in [2.24, 2.45) is 10.7 Å². The number of fused-ring (bicyclic) bond motifs is 1. The lowest BCUT2D eigenvalue weighted by Crippen LogP contribution is -2.54. The zero-order chi connectivity index (χ0) is 44.4. The van der Waals surface area contributed by atoms with Crippen LogP contribution in [0.5, 0.6) is 0 Å². The molecule has 4 aliphatic heterocycles. The number of nitrogens with one attached hydrogen (secondary N) is 3. The molecule has 4 aliphatic rings. The van der Waals surface area contributed by atoms with Gasteiger partial charge in [0.15, 0.2) is 0 Å². The van der Waals surface area contributed by atoms with Gasteiger partial charge in [-0.3, -0.25) is 39.0 Å². The predicted octanol–water partition coefficient (Wildman–Crippen LogP) is 3.78. The Kier molecular flexibility index (Phi) is 12.2. The van der Waals surface area contributed by atoms with Gasteiger partial charge in [0, 0.05) is 86.1 Å². The van der Waals surface area contributed by atoms with Crippen LogP contribution in [0.3, 0.4) is 0 Å². The van der Waals surface area contributed by atoms with Crippen LogP contribution >= 0.6 is 0 Å². The minimum Gasteiger partial charge on any atom is -0.398 e. The topological polar surface area (TPSA) is 222 Å². The zero-order valence-corrected chi connectivity index (χ0v) is 34.1. The lowest BCUT2D eigenvalue weighted by Gasteiger charge is -2.27. The molecule has 4 aromatic rings. The average Bonchev–Trinajstić information content (AvgIpc) is 3.84. The third kappa shape index (κ3) is 9.35. The van der Waals surface area contributed by atoms with E-state index in [0.29, 0.717) is 61.0 Å². The highest BCUT2D eigenvalue weighted by atomic mass is 19.1. The summed E-state index contributed by atoms with van der Waals surface area (Å²) in [6.45, 7) is 2.68. The molecule has 3 saturated heterocycles. The first-order chi connectivity index (χ1) is 30.3. The fourth-order valence-corrected chi connectivity index (χ4v) is 8.27. The van der Waals surface area contributed by atoms with Gasteiger partial charge in [0.1, 0.15) is 23.5 Å². The molecular formula is C45H45F2N9O7. The fourth-order valence-electron chi connectivity index (χ4n) is 8.27. The number of nitrogen functional groups attached to an aromatic ring is 1. The number of carbonyl (C=O) groups is 6. The molecule has 16 nitrogen and oxygen atoms in total. The van der Waals surface area contributed by atoms with Gasteiger partial charge in [-0.1, -0.05) is 6.07 Å². The van der Waals surface area contributed by atoms with Gasteiger partial charge in [-0.2, -0.15) is 4.99 Å². The first-order valence-corrected chi connectivity index (χ1v) is 20.6. The van der Waals surface area contributed by atoms with E-state index in [1.54, 1.807) is 41.3 Å². The molecule has 63 heavy (non-hydrogen) atoms. The normalized spacial score (nSPS) is 18.2. The highest BCUT2D eigenvalue weighted by Gasteiger charge is 2.44. The molecular weight excluding hydrogens is 817 g/mol. The molecule has 0 aromatic heterocycles. The van der Waals surface area contributed by atoms with Gasteiger partial charge in [-0.25, -0.2) is 8.78 Å². The van der Waals surface area contributed by atoms with E-state index in [4.69, 9.17) is 16.2 Å². The molecule has 4 aromatic carbocycles. The van der Waals surface area contributed by atoms with E-state index >= 15 is 0 Å². The minimum atomic E-state index is -1.06. The van der Waals surface area contributed by atoms with Crippen molar-refractivity contribution in [1.82, 2.24) is 15.1 Å². The number of amides is 6. The molecule has 4 heterocycles. The lowest BCUT2D eigenvalue weighted by molar-refractivity contribution is -0.136. The number of anilines is 4. The number of hydrogen-bond acceptors (Lipinski definition) is 11. The van der Waals surface area contributed by atoms with Crippen molar-refractivity contribution in [3.05, 3.63) is 118 Å². The van der Waals surface area contributed by atoms with Crippen molar-refractivity contribution in [2.75, 3.05) is 60.8 Å². The quantitative estimate of drug-likeness (QED) is 0.0595. The lowest BCUT2D eigenvalue weighted by atomic mass is 10.0. The Labute approximate surface area is 360 Å². The number of nitrogens with zero attached hydrogens (tertiary/aromatic N) is 4. The second kappa shape index (κ2) is 18.0. The van der Waals surface area contributed by atoms with Gasteiger partial charge < -0.3 is 36.6 Å². The van der Waals surface area contributed by atoms with E-state index in [0.717, 1.165) is 29.5 Å². The number of piperidine rings is 1. The molecule has 0 bridgehead atoms. The standard InChI is InChI=1S/C45H45F2N9O7/c46-27-18-26(19-28(47)21-27)17-25-1-6-36(48)35(20-25)41(49)53-42(59)33-5-3-31(23-37(33)51-29-10-15-63-16-11-29)54-13-14-55(24-54)40(58)9-12-50-30-2-4-32-34(22-30)45(62)56(44(32)61)38-7-8-39(57)52-43(38)60/h1-6,18-23,29,38,50-51H,7-17,24,48H2,(H2,49,53,59)(H,52,57,60). The second-order valence-electron chi connectivity index (χ2n) is 15.9. The molecule has 0 radical (unpaired) electrons. The van der Waals surface area contributed by atoms with Gasteiger partial charge in [0.2, 0.25) is 17.7 Å². The number of imide groups is 2. The first-order valence-electron chi connectivity index (χ1n) is 20.6. The number of amidine groups is 1. The van der Waals surface area contributed by atoms with Crippen LogP contribution in [0, 0.1) is 11.6 Å². The van der Waals surface area contributed by atoms with Gasteiger partial charge >= 0.3 is 0 Å². The average molecular weight is 862 g/mol. The number of rotatable bonds is 12. The Balaban J connectivity index is 0.912. The van der Waals surface area contributed by atoms with E-state index in [9.17, 15) is 37.5 Å². The number of ether oxygens (including phenoxy) is 1. The van der Waals surface area contributed by atoms with E-state index in [2.05, 4.69) is 20.9 Å². The molecule has 326 valence electrons. The summed E-state index contributed by atoms with van der Waals surface area (Å²) in [5.74, 6) is -4.57. The zero-order valence-electron chi connectivity index (χ0n) is 34.1. The van der Waals surface area contributed by atoms with Gasteiger partial charge in [-0.15, -0.1) is 0 Å². The number of nitrogens with two attached hydrogens (primary N) is 2. The first kappa shape index (κ1) is 42.5. The maximum absolute atomic E-state index is 13.8. The Morgan fingerprint density at radius 3 is 2.37 bits per heavy atom. The Bertz CT molecular complexity index is 2540. The third-order valence-corrected chi connectivity index (χ3v) is 11.6. The summed E-state index contributed by atoms with van der Waals surface area (Å²) in [6.07, 6.45) is 1.86. The molecule has 7 N–H and O–H groups in total. The molecule has 8 rings (SSSR count). The van der Waals surface area contributed by atoms with Crippen molar-refractivity contribution in [3.8, 4) is 0 Å². The van der Waals surface area contributed by atoms with Crippen LogP contribution in [0.2, 0.25) is 0 Å². The monoisotopic (exact) mass is 861 g/mol. The van der Waals surface area contributed by atoms with E-state index < -0.39 is 47.2 Å². The van der Waals surface area contributed by atoms with Crippen molar-refractivity contribution >= 4 is 64.0 Å². The van der Waals surface area contributed by atoms with Gasteiger partial charge in [0.25, 0.3) is 17.7 Å². The highest BCUT2D eigenvalue weighted by molar-refractivity contribution is 6.23. The van der Waals surface area contributed by atoms with Crippen LogP contribution < -0.4 is 32.3 Å². The van der Waals surface area contributed by atoms with E-state index in [1.165, 1.54) is 24.3 Å². The summed E-state index contributed by atoms with van der Waals surface area (Å²) in [5, 5.41) is 8.84. The Morgan fingerprint density at radius 2 is 1.60 bits per heavy atom. The highest BCUT2D eigenvalue weighted by Crippen LogP contribution is 2.31. The van der Waals surface area contributed by atoms with Crippen LogP contribution in [0.4, 0.5) is 31.5 Å². The Hall–Kier alpha value is -7.21. The van der Waals surface area contributed by atoms with Crippen LogP contribution in [0.1, 0.15) is 79.9 Å². The molecule has 0 spiro atoms. The maximum atomic E-state index is 13.8. The SMILES string of the molecule is NC(=NC(=O)c1ccc(N2CCN(C(=O)CCNc3ccc4c(c3)C(=O)N(C3CCC(=O)NC3=O)C4=O)C2)cc1NC1CCOCC1)c1cc(Cc2cc(F)cc(F)c2)ccc1N. The van der Waals surface area contributed by atoms with Crippen LogP contribution in [-0.2, 0) is 25.5 Å². The summed E-state index contributed by atoms with van der Waals surface area (Å²) in [4.78, 5) is 86.4. The van der Waals surface area contributed by atoms with Crippen LogP contribution in [0.15, 0.2) is 77.8 Å². The van der Waals surface area contributed by atoms with Gasteiger partial charge in [-0.05, 0) is 97.5 Å². The number of benzene rings is 4. The summed E-state index contributed by atoms with van der Waals surface area (Å²) in [5.41, 5.74) is 16.7. The largest absolute Gasteiger partial charge is 0.398 e. The van der Waals surface area contributed by atoms with Crippen LogP contribution in [-0.4, -0.2) is 103 Å². The molecule has 18 heteroatoms. The van der Waals surface area contributed by atoms with Crippen LogP contribution in [0.25, 0.3) is 0 Å².